The van der Waals surface area contributed by atoms with Crippen LogP contribution in [-0.2, 0) is 0 Å². The number of para-hydroxylation sites is 1. The number of fused-ring (bicyclic) bond motifs is 5. The van der Waals surface area contributed by atoms with Crippen molar-refractivity contribution in [2.75, 3.05) is 9.80 Å². The summed E-state index contributed by atoms with van der Waals surface area (Å²) in [7, 11) is 0. The van der Waals surface area contributed by atoms with Crippen LogP contribution >= 0.6 is 0 Å². The van der Waals surface area contributed by atoms with E-state index >= 15 is 0 Å². The van der Waals surface area contributed by atoms with Gasteiger partial charge in [-0.15, -0.1) is 0 Å². The van der Waals surface area contributed by atoms with Gasteiger partial charge in [-0.05, 0) is 166 Å². The lowest BCUT2D eigenvalue weighted by Crippen LogP contribution is -2.10. The van der Waals surface area contributed by atoms with Crippen molar-refractivity contribution in [3.05, 3.63) is 303 Å². The van der Waals surface area contributed by atoms with Crippen molar-refractivity contribution in [1.29, 1.82) is 0 Å². The van der Waals surface area contributed by atoms with Crippen molar-refractivity contribution in [1.82, 2.24) is 0 Å². The van der Waals surface area contributed by atoms with Crippen molar-refractivity contribution in [3.8, 4) is 44.5 Å². The maximum Gasteiger partial charge on any atom is 0.0540 e. The van der Waals surface area contributed by atoms with Crippen molar-refractivity contribution in [2.24, 2.45) is 0 Å². The molecule has 0 saturated heterocycles. The summed E-state index contributed by atoms with van der Waals surface area (Å²) in [5.41, 5.74) is 16.2. The van der Waals surface area contributed by atoms with Crippen molar-refractivity contribution in [3.63, 3.8) is 0 Å². The van der Waals surface area contributed by atoms with Crippen molar-refractivity contribution in [2.45, 2.75) is 0 Å². The highest BCUT2D eigenvalue weighted by Gasteiger charge is 2.20. The van der Waals surface area contributed by atoms with Gasteiger partial charge in [-0.3, -0.25) is 0 Å². The van der Waals surface area contributed by atoms with Gasteiger partial charge in [0.05, 0.1) is 11.4 Å². The van der Waals surface area contributed by atoms with Gasteiger partial charge in [0, 0.05) is 33.5 Å². The molecule has 0 heterocycles. The van der Waals surface area contributed by atoms with Crippen LogP contribution in [-0.4, -0.2) is 0 Å². The summed E-state index contributed by atoms with van der Waals surface area (Å²) in [6, 6.07) is 111. The van der Waals surface area contributed by atoms with E-state index in [2.05, 4.69) is 313 Å². The minimum Gasteiger partial charge on any atom is -0.310 e. The second-order valence-corrected chi connectivity index (χ2v) is 19.7. The predicted molar refractivity (Wildman–Crippen MR) is 325 cm³/mol. The molecule has 0 aliphatic heterocycles. The van der Waals surface area contributed by atoms with Crippen molar-refractivity contribution < 1.29 is 0 Å². The van der Waals surface area contributed by atoms with Crippen LogP contribution in [0.5, 0.6) is 0 Å². The lowest BCUT2D eigenvalue weighted by molar-refractivity contribution is 1.29. The molecule has 0 unspecified atom stereocenters. The van der Waals surface area contributed by atoms with Gasteiger partial charge in [0.15, 0.2) is 0 Å². The standard InChI is InChI=1S/C74H50N2/c1-2-26-61(27-3-1)75(73-35-15-23-55-19-6-10-31-69(55)73)62-42-37-51(38-43-62)52-39-44-63(45-40-52)76(74-36-16-24-56-20-7-11-32-70(56)74)64-28-12-25-57(49-64)58-41-46-68-59(47-58)48-60(67-33-13-21-53-17-4-8-29-65(53)67)50-72(68)71-34-14-22-54-18-5-9-30-66(54)71/h1-50H. The number of nitrogens with zero attached hydrogens (tertiary/aromatic N) is 2. The normalized spacial score (nSPS) is 11.4. The minimum absolute atomic E-state index is 1.08. The van der Waals surface area contributed by atoms with Crippen LogP contribution < -0.4 is 9.80 Å². The molecule has 0 N–H and O–H groups in total. The van der Waals surface area contributed by atoms with E-state index in [1.165, 1.54) is 76.1 Å². The summed E-state index contributed by atoms with van der Waals surface area (Å²) in [4.78, 5) is 4.77. The first kappa shape index (κ1) is 44.7. The largest absolute Gasteiger partial charge is 0.310 e. The van der Waals surface area contributed by atoms with Gasteiger partial charge in [0.2, 0.25) is 0 Å². The highest BCUT2D eigenvalue weighted by Crippen LogP contribution is 2.45. The molecule has 14 rings (SSSR count). The first-order valence-electron chi connectivity index (χ1n) is 26.1. The molecule has 0 aliphatic rings. The Hall–Kier alpha value is -10.0. The summed E-state index contributed by atoms with van der Waals surface area (Å²) in [6.07, 6.45) is 0. The van der Waals surface area contributed by atoms with E-state index in [1.54, 1.807) is 0 Å². The molecule has 0 bridgehead atoms. The Morgan fingerprint density at radius 2 is 0.553 bits per heavy atom. The van der Waals surface area contributed by atoms with Crippen molar-refractivity contribution >= 4 is 88.0 Å². The van der Waals surface area contributed by atoms with E-state index in [1.807, 2.05) is 0 Å². The molecular formula is C74H50N2. The zero-order valence-corrected chi connectivity index (χ0v) is 41.8. The summed E-state index contributed by atoms with van der Waals surface area (Å²) < 4.78 is 0. The van der Waals surface area contributed by atoms with Gasteiger partial charge in [0.1, 0.15) is 0 Å². The van der Waals surface area contributed by atoms with Crippen LogP contribution in [0.2, 0.25) is 0 Å². The molecule has 2 heteroatoms. The van der Waals surface area contributed by atoms with Gasteiger partial charge in [-0.25, -0.2) is 0 Å². The van der Waals surface area contributed by atoms with Gasteiger partial charge in [-0.1, -0.05) is 224 Å². The average molecular weight is 967 g/mol. The van der Waals surface area contributed by atoms with Crippen LogP contribution in [0.4, 0.5) is 34.1 Å². The average Bonchev–Trinajstić information content (AvgIpc) is 3.49. The Balaban J connectivity index is 0.858. The Labute approximate surface area is 443 Å². The van der Waals surface area contributed by atoms with Crippen LogP contribution in [0.1, 0.15) is 0 Å². The SMILES string of the molecule is c1ccc(N(c2ccc(-c3ccc(N(c4cccc(-c5ccc6c(-c7cccc8ccccc78)cc(-c7cccc8ccccc78)cc6c5)c4)c4cccc5ccccc45)cc3)cc2)c2cccc3ccccc23)cc1. The molecule has 0 radical (unpaired) electrons. The minimum atomic E-state index is 1.08. The third-order valence-corrected chi connectivity index (χ3v) is 15.2. The highest BCUT2D eigenvalue weighted by atomic mass is 15.1. The molecule has 0 aromatic heterocycles. The molecule has 0 fully saturated rings. The Bertz CT molecular complexity index is 4440. The summed E-state index contributed by atoms with van der Waals surface area (Å²) >= 11 is 0. The highest BCUT2D eigenvalue weighted by molar-refractivity contribution is 6.10. The fourth-order valence-electron chi connectivity index (χ4n) is 11.5. The maximum absolute atomic E-state index is 2.42. The molecule has 0 saturated carbocycles. The molecule has 0 atom stereocenters. The molecular weight excluding hydrogens is 917 g/mol. The zero-order valence-electron chi connectivity index (χ0n) is 41.8. The van der Waals surface area contributed by atoms with Gasteiger partial charge < -0.3 is 9.80 Å². The van der Waals surface area contributed by atoms with E-state index in [-0.39, 0.29) is 0 Å². The molecule has 2 nitrogen and oxygen atoms in total. The number of anilines is 6. The number of hydrogen-bond acceptors (Lipinski definition) is 2. The molecule has 76 heavy (non-hydrogen) atoms. The summed E-state index contributed by atoms with van der Waals surface area (Å²) in [5.74, 6) is 0. The van der Waals surface area contributed by atoms with Crippen LogP contribution in [0.3, 0.4) is 0 Å². The van der Waals surface area contributed by atoms with Crippen LogP contribution in [0.25, 0.3) is 98.4 Å². The molecule has 0 amide bonds. The Kier molecular flexibility index (Phi) is 11.2. The van der Waals surface area contributed by atoms with E-state index in [0.29, 0.717) is 0 Å². The Morgan fingerprint density at radius 1 is 0.171 bits per heavy atom. The first-order valence-corrected chi connectivity index (χ1v) is 26.1. The van der Waals surface area contributed by atoms with E-state index in [0.717, 1.165) is 56.4 Å². The maximum atomic E-state index is 2.42. The quantitative estimate of drug-likeness (QED) is 0.135. The third kappa shape index (κ3) is 8.10. The fraction of sp³-hybridized carbons (Fsp3) is 0. The molecule has 0 aliphatic carbocycles. The number of hydrogen-bond donors (Lipinski definition) is 0. The van der Waals surface area contributed by atoms with Crippen LogP contribution in [0.15, 0.2) is 303 Å². The molecule has 14 aromatic rings. The Morgan fingerprint density at radius 3 is 1.14 bits per heavy atom. The molecule has 14 aromatic carbocycles. The zero-order chi connectivity index (χ0) is 50.4. The lowest BCUT2D eigenvalue weighted by Gasteiger charge is -2.28. The number of rotatable bonds is 10. The smallest absolute Gasteiger partial charge is 0.0540 e. The number of benzene rings is 14. The first-order chi connectivity index (χ1) is 37.7. The summed E-state index contributed by atoms with van der Waals surface area (Å²) in [5, 5.41) is 12.2. The van der Waals surface area contributed by atoms with E-state index in [4.69, 9.17) is 0 Å². The summed E-state index contributed by atoms with van der Waals surface area (Å²) in [6.45, 7) is 0. The van der Waals surface area contributed by atoms with Gasteiger partial charge in [0.25, 0.3) is 0 Å². The van der Waals surface area contributed by atoms with E-state index < -0.39 is 0 Å². The second-order valence-electron chi connectivity index (χ2n) is 19.7. The van der Waals surface area contributed by atoms with Crippen LogP contribution in [0, 0.1) is 0 Å². The molecule has 0 spiro atoms. The fourth-order valence-corrected chi connectivity index (χ4v) is 11.5. The second kappa shape index (κ2) is 19.1. The van der Waals surface area contributed by atoms with Gasteiger partial charge >= 0.3 is 0 Å². The molecule has 356 valence electrons. The third-order valence-electron chi connectivity index (χ3n) is 15.2. The van der Waals surface area contributed by atoms with E-state index in [9.17, 15) is 0 Å². The van der Waals surface area contributed by atoms with Gasteiger partial charge in [-0.2, -0.15) is 0 Å². The lowest BCUT2D eigenvalue weighted by atomic mass is 9.88. The monoisotopic (exact) mass is 966 g/mol. The topological polar surface area (TPSA) is 6.48 Å². The predicted octanol–water partition coefficient (Wildman–Crippen LogP) is 21.1.